The SMILES string of the molecule is O=C(NCC1(CBr)CCCC1)c1ccc(Br)cn1. The van der Waals surface area contributed by atoms with Crippen molar-refractivity contribution in [3.63, 3.8) is 0 Å². The maximum Gasteiger partial charge on any atom is 0.269 e. The number of nitrogens with zero attached hydrogens (tertiary/aromatic N) is 1. The molecule has 1 aliphatic carbocycles. The molecular formula is C13H16Br2N2O. The average molecular weight is 376 g/mol. The monoisotopic (exact) mass is 374 g/mol. The third-order valence-electron chi connectivity index (χ3n) is 3.53. The molecule has 98 valence electrons. The highest BCUT2D eigenvalue weighted by Crippen LogP contribution is 2.38. The van der Waals surface area contributed by atoms with E-state index in [-0.39, 0.29) is 11.3 Å². The minimum atomic E-state index is -0.0882. The second kappa shape index (κ2) is 6.15. The van der Waals surface area contributed by atoms with E-state index < -0.39 is 0 Å². The van der Waals surface area contributed by atoms with Crippen molar-refractivity contribution in [2.24, 2.45) is 5.41 Å². The molecular weight excluding hydrogens is 360 g/mol. The highest BCUT2D eigenvalue weighted by Gasteiger charge is 2.33. The lowest BCUT2D eigenvalue weighted by Crippen LogP contribution is -2.37. The topological polar surface area (TPSA) is 42.0 Å². The van der Waals surface area contributed by atoms with Crippen molar-refractivity contribution in [3.05, 3.63) is 28.5 Å². The Bertz CT molecular complexity index is 414. The van der Waals surface area contributed by atoms with Crippen molar-refractivity contribution in [1.29, 1.82) is 0 Å². The van der Waals surface area contributed by atoms with Gasteiger partial charge in [-0.1, -0.05) is 28.8 Å². The molecule has 0 bridgehead atoms. The maximum absolute atomic E-state index is 12.0. The number of rotatable bonds is 4. The molecule has 3 nitrogen and oxygen atoms in total. The Balaban J connectivity index is 1.93. The molecule has 1 N–H and O–H groups in total. The highest BCUT2D eigenvalue weighted by atomic mass is 79.9. The quantitative estimate of drug-likeness (QED) is 0.818. The zero-order chi connectivity index (χ0) is 13.0. The molecule has 1 aliphatic rings. The van der Waals surface area contributed by atoms with Crippen LogP contribution >= 0.6 is 31.9 Å². The van der Waals surface area contributed by atoms with E-state index in [1.807, 2.05) is 6.07 Å². The molecule has 1 amide bonds. The summed E-state index contributed by atoms with van der Waals surface area (Å²) in [5.41, 5.74) is 0.714. The van der Waals surface area contributed by atoms with Gasteiger partial charge in [-0.15, -0.1) is 0 Å². The zero-order valence-electron chi connectivity index (χ0n) is 10.1. The largest absolute Gasteiger partial charge is 0.350 e. The summed E-state index contributed by atoms with van der Waals surface area (Å²) in [4.78, 5) is 16.1. The van der Waals surface area contributed by atoms with Gasteiger partial charge in [0.2, 0.25) is 0 Å². The lowest BCUT2D eigenvalue weighted by Gasteiger charge is -2.26. The number of halogens is 2. The van der Waals surface area contributed by atoms with Crippen molar-refractivity contribution >= 4 is 37.8 Å². The van der Waals surface area contributed by atoms with E-state index in [1.165, 1.54) is 25.7 Å². The second-order valence-corrected chi connectivity index (χ2v) is 6.36. The first kappa shape index (κ1) is 14.0. The summed E-state index contributed by atoms with van der Waals surface area (Å²) in [5.74, 6) is -0.0882. The van der Waals surface area contributed by atoms with E-state index in [4.69, 9.17) is 0 Å². The Morgan fingerprint density at radius 1 is 1.39 bits per heavy atom. The van der Waals surface area contributed by atoms with Gasteiger partial charge in [0.25, 0.3) is 5.91 Å². The van der Waals surface area contributed by atoms with Gasteiger partial charge in [-0.3, -0.25) is 4.79 Å². The molecule has 1 aromatic rings. The van der Waals surface area contributed by atoms with E-state index in [1.54, 1.807) is 12.3 Å². The van der Waals surface area contributed by atoms with Crippen LogP contribution in [0.15, 0.2) is 22.8 Å². The first-order chi connectivity index (χ1) is 8.65. The summed E-state index contributed by atoms with van der Waals surface area (Å²) in [6, 6.07) is 3.56. The summed E-state index contributed by atoms with van der Waals surface area (Å²) < 4.78 is 0.881. The van der Waals surface area contributed by atoms with Gasteiger partial charge >= 0.3 is 0 Å². The number of hydrogen-bond acceptors (Lipinski definition) is 2. The van der Waals surface area contributed by atoms with Gasteiger partial charge < -0.3 is 5.32 Å². The molecule has 0 aromatic carbocycles. The van der Waals surface area contributed by atoms with Crippen molar-refractivity contribution in [2.75, 3.05) is 11.9 Å². The molecule has 2 rings (SSSR count). The summed E-state index contributed by atoms with van der Waals surface area (Å²) in [6.45, 7) is 0.731. The van der Waals surface area contributed by atoms with Crippen LogP contribution in [0.2, 0.25) is 0 Å². The predicted octanol–water partition coefficient (Wildman–Crippen LogP) is 3.53. The Kier molecular flexibility index (Phi) is 4.78. The van der Waals surface area contributed by atoms with Crippen molar-refractivity contribution < 1.29 is 4.79 Å². The van der Waals surface area contributed by atoms with Gasteiger partial charge in [-0.25, -0.2) is 4.98 Å². The molecule has 1 fully saturated rings. The normalized spacial score (nSPS) is 17.7. The van der Waals surface area contributed by atoms with E-state index in [0.717, 1.165) is 16.3 Å². The maximum atomic E-state index is 12.0. The summed E-state index contributed by atoms with van der Waals surface area (Å²) in [6.07, 6.45) is 6.54. The molecule has 18 heavy (non-hydrogen) atoms. The van der Waals surface area contributed by atoms with Crippen molar-refractivity contribution in [1.82, 2.24) is 10.3 Å². The Morgan fingerprint density at radius 3 is 2.67 bits per heavy atom. The summed E-state index contributed by atoms with van der Waals surface area (Å²) in [7, 11) is 0. The van der Waals surface area contributed by atoms with Gasteiger partial charge in [-0.05, 0) is 46.3 Å². The summed E-state index contributed by atoms with van der Waals surface area (Å²) >= 11 is 6.88. The number of alkyl halides is 1. The Morgan fingerprint density at radius 2 is 2.11 bits per heavy atom. The second-order valence-electron chi connectivity index (χ2n) is 4.89. The first-order valence-corrected chi connectivity index (χ1v) is 8.02. The van der Waals surface area contributed by atoms with Crippen LogP contribution in [0.3, 0.4) is 0 Å². The van der Waals surface area contributed by atoms with Crippen LogP contribution in [0, 0.1) is 5.41 Å². The summed E-state index contributed by atoms with van der Waals surface area (Å²) in [5, 5.41) is 3.96. The van der Waals surface area contributed by atoms with Gasteiger partial charge in [0.05, 0.1) is 0 Å². The number of hydrogen-bond donors (Lipinski definition) is 1. The van der Waals surface area contributed by atoms with E-state index in [2.05, 4.69) is 42.2 Å². The minimum Gasteiger partial charge on any atom is -0.350 e. The third-order valence-corrected chi connectivity index (χ3v) is 5.19. The lowest BCUT2D eigenvalue weighted by atomic mass is 9.89. The third kappa shape index (κ3) is 3.32. The van der Waals surface area contributed by atoms with E-state index in [9.17, 15) is 4.79 Å². The number of pyridine rings is 1. The van der Waals surface area contributed by atoms with Gasteiger partial charge in [0.1, 0.15) is 5.69 Å². The molecule has 0 atom stereocenters. The van der Waals surface area contributed by atoms with Crippen molar-refractivity contribution in [2.45, 2.75) is 25.7 Å². The molecule has 0 saturated heterocycles. The van der Waals surface area contributed by atoms with Crippen LogP contribution in [-0.4, -0.2) is 22.8 Å². The van der Waals surface area contributed by atoms with Gasteiger partial charge in [0.15, 0.2) is 0 Å². The number of carbonyl (C=O) groups excluding carboxylic acids is 1. The fourth-order valence-electron chi connectivity index (χ4n) is 2.35. The molecule has 5 heteroatoms. The van der Waals surface area contributed by atoms with Gasteiger partial charge in [0, 0.05) is 22.5 Å². The highest BCUT2D eigenvalue weighted by molar-refractivity contribution is 9.10. The lowest BCUT2D eigenvalue weighted by molar-refractivity contribution is 0.0930. The van der Waals surface area contributed by atoms with Crippen LogP contribution < -0.4 is 5.32 Å². The fraction of sp³-hybridized carbons (Fsp3) is 0.538. The smallest absolute Gasteiger partial charge is 0.269 e. The first-order valence-electron chi connectivity index (χ1n) is 6.11. The number of amides is 1. The average Bonchev–Trinajstić information content (AvgIpc) is 2.86. The fourth-order valence-corrected chi connectivity index (χ4v) is 3.34. The minimum absolute atomic E-state index is 0.0882. The predicted molar refractivity (Wildman–Crippen MR) is 79.0 cm³/mol. The zero-order valence-corrected chi connectivity index (χ0v) is 13.3. The van der Waals surface area contributed by atoms with E-state index in [0.29, 0.717) is 5.69 Å². The molecule has 0 radical (unpaired) electrons. The molecule has 1 heterocycles. The van der Waals surface area contributed by atoms with Crippen LogP contribution in [0.1, 0.15) is 36.2 Å². The molecule has 0 aliphatic heterocycles. The van der Waals surface area contributed by atoms with Crippen LogP contribution in [0.25, 0.3) is 0 Å². The standard InChI is InChI=1S/C13H16Br2N2O/c14-8-13(5-1-2-6-13)9-17-12(18)11-4-3-10(15)7-16-11/h3-4,7H,1-2,5-6,8-9H2,(H,17,18). The van der Waals surface area contributed by atoms with Crippen LogP contribution in [-0.2, 0) is 0 Å². The van der Waals surface area contributed by atoms with Crippen LogP contribution in [0.5, 0.6) is 0 Å². The molecule has 1 aromatic heterocycles. The van der Waals surface area contributed by atoms with Crippen molar-refractivity contribution in [3.8, 4) is 0 Å². The molecule has 1 saturated carbocycles. The number of aromatic nitrogens is 1. The molecule has 0 unspecified atom stereocenters. The Labute approximate surface area is 124 Å². The Hall–Kier alpha value is -0.420. The number of carbonyl (C=O) groups is 1. The van der Waals surface area contributed by atoms with Crippen LogP contribution in [0.4, 0.5) is 0 Å². The van der Waals surface area contributed by atoms with E-state index >= 15 is 0 Å². The number of nitrogens with one attached hydrogen (secondary N) is 1. The van der Waals surface area contributed by atoms with Gasteiger partial charge in [-0.2, -0.15) is 0 Å². The molecule has 0 spiro atoms.